The second-order valence-electron chi connectivity index (χ2n) is 4.44. The molecule has 0 spiro atoms. The minimum atomic E-state index is 0. The van der Waals surface area contributed by atoms with Crippen LogP contribution in [-0.2, 0) is 16.0 Å². The molecule has 100 valence electrons. The topological polar surface area (TPSA) is 55.6 Å². The van der Waals surface area contributed by atoms with Gasteiger partial charge < -0.3 is 15.4 Å². The van der Waals surface area contributed by atoms with E-state index in [1.807, 2.05) is 31.3 Å². The van der Waals surface area contributed by atoms with Crippen LogP contribution in [-0.4, -0.2) is 37.1 Å². The molecule has 1 aromatic rings. The van der Waals surface area contributed by atoms with Crippen molar-refractivity contribution in [3.05, 3.63) is 29.8 Å². The van der Waals surface area contributed by atoms with Gasteiger partial charge in [-0.25, -0.2) is 0 Å². The second-order valence-corrected chi connectivity index (χ2v) is 4.44. The first-order valence-electron chi connectivity index (χ1n) is 5.84. The molecule has 1 heterocycles. The molecule has 0 aromatic heterocycles. The van der Waals surface area contributed by atoms with E-state index in [2.05, 4.69) is 0 Å². The van der Waals surface area contributed by atoms with Gasteiger partial charge in [-0.05, 0) is 24.1 Å². The van der Waals surface area contributed by atoms with Gasteiger partial charge in [0.1, 0.15) is 0 Å². The van der Waals surface area contributed by atoms with Crippen molar-refractivity contribution >= 4 is 24.0 Å². The highest BCUT2D eigenvalue weighted by Gasteiger charge is 2.23. The van der Waals surface area contributed by atoms with Crippen molar-refractivity contribution in [3.63, 3.8) is 0 Å². The lowest BCUT2D eigenvalue weighted by Gasteiger charge is -2.23. The van der Waals surface area contributed by atoms with Crippen LogP contribution >= 0.6 is 12.4 Å². The number of carbonyl (C=O) groups is 1. The SMILES string of the molecule is CN(C(=O)Cc1ccc(N)cc1)C1CCOC1.Cl. The largest absolute Gasteiger partial charge is 0.399 e. The number of hydrogen-bond acceptors (Lipinski definition) is 3. The van der Waals surface area contributed by atoms with E-state index in [0.29, 0.717) is 13.0 Å². The Morgan fingerprint density at radius 3 is 2.67 bits per heavy atom. The molecule has 1 amide bonds. The molecule has 4 nitrogen and oxygen atoms in total. The summed E-state index contributed by atoms with van der Waals surface area (Å²) in [5, 5.41) is 0. The maximum atomic E-state index is 12.0. The Hall–Kier alpha value is -1.26. The van der Waals surface area contributed by atoms with Crippen LogP contribution in [0.3, 0.4) is 0 Å². The molecule has 0 bridgehead atoms. The molecule has 0 saturated carbocycles. The van der Waals surface area contributed by atoms with E-state index < -0.39 is 0 Å². The number of amides is 1. The average Bonchev–Trinajstić information content (AvgIpc) is 2.84. The van der Waals surface area contributed by atoms with Crippen molar-refractivity contribution in [2.75, 3.05) is 26.0 Å². The maximum absolute atomic E-state index is 12.0. The summed E-state index contributed by atoms with van der Waals surface area (Å²) in [6.45, 7) is 1.41. The number of rotatable bonds is 3. The van der Waals surface area contributed by atoms with E-state index >= 15 is 0 Å². The Labute approximate surface area is 114 Å². The number of hydrogen-bond donors (Lipinski definition) is 1. The lowest BCUT2D eigenvalue weighted by Crippen LogP contribution is -2.38. The molecular formula is C13H19ClN2O2. The third-order valence-electron chi connectivity index (χ3n) is 3.18. The van der Waals surface area contributed by atoms with Gasteiger partial charge in [-0.2, -0.15) is 0 Å². The van der Waals surface area contributed by atoms with E-state index in [0.717, 1.165) is 24.3 Å². The molecule has 1 saturated heterocycles. The second kappa shape index (κ2) is 6.61. The highest BCUT2D eigenvalue weighted by Crippen LogP contribution is 2.13. The van der Waals surface area contributed by atoms with Crippen molar-refractivity contribution in [3.8, 4) is 0 Å². The van der Waals surface area contributed by atoms with Crippen LogP contribution in [0.15, 0.2) is 24.3 Å². The van der Waals surface area contributed by atoms with Crippen LogP contribution in [0, 0.1) is 0 Å². The van der Waals surface area contributed by atoms with Gasteiger partial charge in [0.25, 0.3) is 0 Å². The Kier molecular flexibility index (Phi) is 5.44. The molecule has 0 radical (unpaired) electrons. The van der Waals surface area contributed by atoms with Crippen molar-refractivity contribution < 1.29 is 9.53 Å². The molecule has 0 aliphatic carbocycles. The molecule has 1 atom stereocenters. The quantitative estimate of drug-likeness (QED) is 0.847. The fourth-order valence-electron chi connectivity index (χ4n) is 1.97. The number of nitrogen functional groups attached to an aromatic ring is 1. The molecule has 1 unspecified atom stereocenters. The van der Waals surface area contributed by atoms with Gasteiger partial charge in [0.15, 0.2) is 0 Å². The zero-order valence-electron chi connectivity index (χ0n) is 10.5. The molecule has 1 aliphatic heterocycles. The molecule has 2 N–H and O–H groups in total. The summed E-state index contributed by atoms with van der Waals surface area (Å²) in [6.07, 6.45) is 1.36. The molecule has 5 heteroatoms. The summed E-state index contributed by atoms with van der Waals surface area (Å²) in [6, 6.07) is 7.66. The highest BCUT2D eigenvalue weighted by atomic mass is 35.5. The van der Waals surface area contributed by atoms with Gasteiger partial charge in [-0.1, -0.05) is 12.1 Å². The summed E-state index contributed by atoms with van der Waals surface area (Å²) in [7, 11) is 1.85. The van der Waals surface area contributed by atoms with Gasteiger partial charge in [0, 0.05) is 19.3 Å². The van der Waals surface area contributed by atoms with Crippen LogP contribution in [0.5, 0.6) is 0 Å². The summed E-state index contributed by atoms with van der Waals surface area (Å²) in [4.78, 5) is 13.8. The Morgan fingerprint density at radius 2 is 2.11 bits per heavy atom. The van der Waals surface area contributed by atoms with E-state index in [1.54, 1.807) is 4.90 Å². The Balaban J connectivity index is 0.00000162. The number of benzene rings is 1. The van der Waals surface area contributed by atoms with Gasteiger partial charge in [0.05, 0.1) is 19.1 Å². The number of halogens is 1. The third-order valence-corrected chi connectivity index (χ3v) is 3.18. The first-order chi connectivity index (χ1) is 8.16. The predicted molar refractivity (Wildman–Crippen MR) is 73.8 cm³/mol. The van der Waals surface area contributed by atoms with Crippen molar-refractivity contribution in [2.24, 2.45) is 0 Å². The summed E-state index contributed by atoms with van der Waals surface area (Å²) in [5.74, 6) is 0.130. The highest BCUT2D eigenvalue weighted by molar-refractivity contribution is 5.85. The van der Waals surface area contributed by atoms with Gasteiger partial charge in [-0.15, -0.1) is 12.4 Å². The number of nitrogens with two attached hydrogens (primary N) is 1. The van der Waals surface area contributed by atoms with E-state index in [9.17, 15) is 4.79 Å². The molecular weight excluding hydrogens is 252 g/mol. The minimum Gasteiger partial charge on any atom is -0.399 e. The summed E-state index contributed by atoms with van der Waals surface area (Å²) >= 11 is 0. The number of anilines is 1. The number of ether oxygens (including phenoxy) is 1. The number of nitrogens with zero attached hydrogens (tertiary/aromatic N) is 1. The zero-order valence-corrected chi connectivity index (χ0v) is 11.3. The number of carbonyl (C=O) groups excluding carboxylic acids is 1. The Morgan fingerprint density at radius 1 is 1.44 bits per heavy atom. The smallest absolute Gasteiger partial charge is 0.227 e. The van der Waals surface area contributed by atoms with Crippen molar-refractivity contribution in [2.45, 2.75) is 18.9 Å². The number of likely N-dealkylation sites (N-methyl/N-ethyl adjacent to an activating group) is 1. The van der Waals surface area contributed by atoms with Gasteiger partial charge in [-0.3, -0.25) is 4.79 Å². The molecule has 2 rings (SSSR count). The summed E-state index contributed by atoms with van der Waals surface area (Å²) in [5.41, 5.74) is 7.32. The van der Waals surface area contributed by atoms with Crippen molar-refractivity contribution in [1.29, 1.82) is 0 Å². The normalized spacial score (nSPS) is 18.2. The van der Waals surface area contributed by atoms with Gasteiger partial charge >= 0.3 is 0 Å². The molecule has 1 aromatic carbocycles. The molecule has 18 heavy (non-hydrogen) atoms. The fraction of sp³-hybridized carbons (Fsp3) is 0.462. The third kappa shape index (κ3) is 3.62. The van der Waals surface area contributed by atoms with E-state index in [-0.39, 0.29) is 24.4 Å². The van der Waals surface area contributed by atoms with Crippen LogP contribution in [0.2, 0.25) is 0 Å². The van der Waals surface area contributed by atoms with Crippen LogP contribution in [0.4, 0.5) is 5.69 Å². The van der Waals surface area contributed by atoms with Crippen molar-refractivity contribution in [1.82, 2.24) is 4.90 Å². The van der Waals surface area contributed by atoms with Crippen LogP contribution < -0.4 is 5.73 Å². The first kappa shape index (κ1) is 14.8. The standard InChI is InChI=1S/C13H18N2O2.ClH/c1-15(12-6-7-17-9-12)13(16)8-10-2-4-11(14)5-3-10;/h2-5,12H,6-9,14H2,1H3;1H. The minimum absolute atomic E-state index is 0. The van der Waals surface area contributed by atoms with Crippen LogP contribution in [0.1, 0.15) is 12.0 Å². The molecule has 1 aliphatic rings. The lowest BCUT2D eigenvalue weighted by atomic mass is 10.1. The average molecular weight is 271 g/mol. The zero-order chi connectivity index (χ0) is 12.3. The Bertz CT molecular complexity index is 388. The fourth-order valence-corrected chi connectivity index (χ4v) is 1.97. The molecule has 1 fully saturated rings. The van der Waals surface area contributed by atoms with Crippen LogP contribution in [0.25, 0.3) is 0 Å². The van der Waals surface area contributed by atoms with Gasteiger partial charge in [0.2, 0.25) is 5.91 Å². The maximum Gasteiger partial charge on any atom is 0.227 e. The predicted octanol–water partition coefficient (Wildman–Crippen LogP) is 1.48. The van der Waals surface area contributed by atoms with E-state index in [4.69, 9.17) is 10.5 Å². The first-order valence-corrected chi connectivity index (χ1v) is 5.84. The van der Waals surface area contributed by atoms with E-state index in [1.165, 1.54) is 0 Å². The summed E-state index contributed by atoms with van der Waals surface area (Å²) < 4.78 is 5.28. The monoisotopic (exact) mass is 270 g/mol. The lowest BCUT2D eigenvalue weighted by molar-refractivity contribution is -0.131.